The molecule has 0 fully saturated rings. The first kappa shape index (κ1) is 15.8. The van der Waals surface area contributed by atoms with Gasteiger partial charge in [0, 0.05) is 6.07 Å². The number of amides is 1. The SMILES string of the molecule is CCC(C)n1nccc1NC(=O)COc1ccccc1C=O. The van der Waals surface area contributed by atoms with E-state index in [9.17, 15) is 9.59 Å². The summed E-state index contributed by atoms with van der Waals surface area (Å²) in [5, 5.41) is 6.96. The average Bonchev–Trinajstić information content (AvgIpc) is 3.00. The third kappa shape index (κ3) is 3.72. The first-order chi connectivity index (χ1) is 10.7. The predicted octanol–water partition coefficient (Wildman–Crippen LogP) is 2.68. The van der Waals surface area contributed by atoms with E-state index in [0.717, 1.165) is 6.42 Å². The smallest absolute Gasteiger partial charge is 0.263 e. The summed E-state index contributed by atoms with van der Waals surface area (Å²) in [6, 6.07) is 8.71. The van der Waals surface area contributed by atoms with Crippen molar-refractivity contribution >= 4 is 18.0 Å². The van der Waals surface area contributed by atoms with Gasteiger partial charge in [-0.15, -0.1) is 0 Å². The second-order valence-electron chi connectivity index (χ2n) is 4.91. The highest BCUT2D eigenvalue weighted by Gasteiger charge is 2.12. The molecule has 0 bridgehead atoms. The van der Waals surface area contributed by atoms with Gasteiger partial charge in [-0.1, -0.05) is 19.1 Å². The van der Waals surface area contributed by atoms with Gasteiger partial charge in [0.25, 0.3) is 5.91 Å². The van der Waals surface area contributed by atoms with Gasteiger partial charge >= 0.3 is 0 Å². The number of hydrogen-bond donors (Lipinski definition) is 1. The summed E-state index contributed by atoms with van der Waals surface area (Å²) < 4.78 is 7.15. The lowest BCUT2D eigenvalue weighted by Gasteiger charge is -2.14. The summed E-state index contributed by atoms with van der Waals surface area (Å²) in [7, 11) is 0. The lowest BCUT2D eigenvalue weighted by atomic mass is 10.2. The summed E-state index contributed by atoms with van der Waals surface area (Å²) >= 11 is 0. The topological polar surface area (TPSA) is 73.2 Å². The van der Waals surface area contributed by atoms with Crippen LogP contribution in [0.3, 0.4) is 0 Å². The number of carbonyl (C=O) groups excluding carboxylic acids is 2. The summed E-state index contributed by atoms with van der Waals surface area (Å²) in [5.41, 5.74) is 0.417. The Morgan fingerprint density at radius 1 is 1.41 bits per heavy atom. The monoisotopic (exact) mass is 301 g/mol. The van der Waals surface area contributed by atoms with Crippen molar-refractivity contribution in [2.24, 2.45) is 0 Å². The van der Waals surface area contributed by atoms with Crippen LogP contribution < -0.4 is 10.1 Å². The maximum Gasteiger partial charge on any atom is 0.263 e. The molecule has 1 unspecified atom stereocenters. The second-order valence-corrected chi connectivity index (χ2v) is 4.91. The van der Waals surface area contributed by atoms with E-state index in [-0.39, 0.29) is 18.6 Å². The largest absolute Gasteiger partial charge is 0.483 e. The number of nitrogens with one attached hydrogen (secondary N) is 1. The molecule has 0 spiro atoms. The fourth-order valence-corrected chi connectivity index (χ4v) is 1.97. The minimum Gasteiger partial charge on any atom is -0.483 e. The molecule has 6 heteroatoms. The van der Waals surface area contributed by atoms with E-state index in [4.69, 9.17) is 4.74 Å². The molecule has 2 aromatic rings. The molecule has 22 heavy (non-hydrogen) atoms. The molecular weight excluding hydrogens is 282 g/mol. The molecule has 1 N–H and O–H groups in total. The molecule has 116 valence electrons. The van der Waals surface area contributed by atoms with Gasteiger partial charge in [0.15, 0.2) is 12.9 Å². The van der Waals surface area contributed by atoms with Crippen LogP contribution in [0.15, 0.2) is 36.5 Å². The van der Waals surface area contributed by atoms with Gasteiger partial charge in [-0.25, -0.2) is 4.68 Å². The highest BCUT2D eigenvalue weighted by molar-refractivity contribution is 5.91. The van der Waals surface area contributed by atoms with Crippen molar-refractivity contribution in [3.63, 3.8) is 0 Å². The maximum absolute atomic E-state index is 12.0. The molecule has 6 nitrogen and oxygen atoms in total. The zero-order chi connectivity index (χ0) is 15.9. The number of hydrogen-bond acceptors (Lipinski definition) is 4. The number of anilines is 1. The van der Waals surface area contributed by atoms with Crippen LogP contribution in [0, 0.1) is 0 Å². The standard InChI is InChI=1S/C16H19N3O3/c1-3-12(2)19-15(8-9-17-19)18-16(21)11-22-14-7-5-4-6-13(14)10-20/h4-10,12H,3,11H2,1-2H3,(H,18,21). The van der Waals surface area contributed by atoms with Crippen LogP contribution in [-0.4, -0.2) is 28.6 Å². The molecule has 0 saturated heterocycles. The van der Waals surface area contributed by atoms with Crippen LogP contribution in [0.5, 0.6) is 5.75 Å². The fraction of sp³-hybridized carbons (Fsp3) is 0.312. The van der Waals surface area contributed by atoms with Gasteiger partial charge in [0.1, 0.15) is 11.6 Å². The Morgan fingerprint density at radius 2 is 2.18 bits per heavy atom. The van der Waals surface area contributed by atoms with Crippen LogP contribution in [-0.2, 0) is 4.79 Å². The number of rotatable bonds is 7. The van der Waals surface area contributed by atoms with Gasteiger partial charge in [0.2, 0.25) is 0 Å². The number of para-hydroxylation sites is 1. The lowest BCUT2D eigenvalue weighted by Crippen LogP contribution is -2.23. The molecule has 0 radical (unpaired) electrons. The van der Waals surface area contributed by atoms with Gasteiger partial charge in [-0.3, -0.25) is 9.59 Å². The molecule has 0 saturated carbocycles. The zero-order valence-corrected chi connectivity index (χ0v) is 12.7. The van der Waals surface area contributed by atoms with E-state index in [1.807, 2.05) is 6.92 Å². The molecule has 1 aromatic carbocycles. The van der Waals surface area contributed by atoms with Crippen molar-refractivity contribution in [3.05, 3.63) is 42.1 Å². The van der Waals surface area contributed by atoms with Crippen molar-refractivity contribution in [1.29, 1.82) is 0 Å². The number of carbonyl (C=O) groups is 2. The Balaban J connectivity index is 1.96. The lowest BCUT2D eigenvalue weighted by molar-refractivity contribution is -0.118. The van der Waals surface area contributed by atoms with Crippen LogP contribution in [0.4, 0.5) is 5.82 Å². The molecule has 1 aromatic heterocycles. The first-order valence-electron chi connectivity index (χ1n) is 7.16. The number of aromatic nitrogens is 2. The van der Waals surface area contributed by atoms with Crippen molar-refractivity contribution in [3.8, 4) is 5.75 Å². The third-order valence-electron chi connectivity index (χ3n) is 3.35. The second kappa shape index (κ2) is 7.40. The number of aldehydes is 1. The van der Waals surface area contributed by atoms with Crippen LogP contribution in [0.2, 0.25) is 0 Å². The number of ether oxygens (including phenoxy) is 1. The molecule has 1 atom stereocenters. The molecule has 1 heterocycles. The molecule has 0 aliphatic carbocycles. The Hall–Kier alpha value is -2.63. The zero-order valence-electron chi connectivity index (χ0n) is 12.7. The number of benzene rings is 1. The van der Waals surface area contributed by atoms with Gasteiger partial charge in [0.05, 0.1) is 17.8 Å². The summed E-state index contributed by atoms with van der Waals surface area (Å²) in [6.07, 6.45) is 3.25. The first-order valence-corrected chi connectivity index (χ1v) is 7.16. The van der Waals surface area contributed by atoms with Crippen molar-refractivity contribution in [2.75, 3.05) is 11.9 Å². The van der Waals surface area contributed by atoms with Gasteiger partial charge in [-0.05, 0) is 25.5 Å². The molecular formula is C16H19N3O3. The van der Waals surface area contributed by atoms with Gasteiger partial charge in [-0.2, -0.15) is 5.10 Å². The van der Waals surface area contributed by atoms with E-state index >= 15 is 0 Å². The van der Waals surface area contributed by atoms with Crippen LogP contribution in [0.25, 0.3) is 0 Å². The Labute approximate surface area is 129 Å². The summed E-state index contributed by atoms with van der Waals surface area (Å²) in [4.78, 5) is 22.9. The minimum absolute atomic E-state index is 0.170. The van der Waals surface area contributed by atoms with Crippen LogP contribution in [0.1, 0.15) is 36.7 Å². The average molecular weight is 301 g/mol. The third-order valence-corrected chi connectivity index (χ3v) is 3.35. The quantitative estimate of drug-likeness (QED) is 0.798. The van der Waals surface area contributed by atoms with Crippen LogP contribution >= 0.6 is 0 Å². The molecule has 0 aliphatic rings. The van der Waals surface area contributed by atoms with E-state index in [1.54, 1.807) is 41.2 Å². The van der Waals surface area contributed by atoms with E-state index in [2.05, 4.69) is 17.3 Å². The Kier molecular flexibility index (Phi) is 5.30. The van der Waals surface area contributed by atoms with E-state index in [1.165, 1.54) is 0 Å². The van der Waals surface area contributed by atoms with E-state index in [0.29, 0.717) is 23.4 Å². The highest BCUT2D eigenvalue weighted by atomic mass is 16.5. The normalized spacial score (nSPS) is 11.7. The summed E-state index contributed by atoms with van der Waals surface area (Å²) in [6.45, 7) is 3.91. The Morgan fingerprint density at radius 3 is 2.91 bits per heavy atom. The van der Waals surface area contributed by atoms with Crippen molar-refractivity contribution < 1.29 is 14.3 Å². The fourth-order valence-electron chi connectivity index (χ4n) is 1.97. The minimum atomic E-state index is -0.300. The van der Waals surface area contributed by atoms with Crippen molar-refractivity contribution in [2.45, 2.75) is 26.3 Å². The predicted molar refractivity (Wildman–Crippen MR) is 83.2 cm³/mol. The van der Waals surface area contributed by atoms with Gasteiger partial charge < -0.3 is 10.1 Å². The summed E-state index contributed by atoms with van der Waals surface area (Å²) in [5.74, 6) is 0.723. The maximum atomic E-state index is 12.0. The highest BCUT2D eigenvalue weighted by Crippen LogP contribution is 2.17. The Bertz CT molecular complexity index is 652. The molecule has 2 rings (SSSR count). The van der Waals surface area contributed by atoms with Crippen molar-refractivity contribution in [1.82, 2.24) is 9.78 Å². The van der Waals surface area contributed by atoms with E-state index < -0.39 is 0 Å². The molecule has 0 aliphatic heterocycles. The molecule has 1 amide bonds. The number of nitrogens with zero attached hydrogens (tertiary/aromatic N) is 2.